The third-order valence-electron chi connectivity index (χ3n) is 4.51. The molecule has 1 unspecified atom stereocenters. The number of thiazole rings is 1. The van der Waals surface area contributed by atoms with Crippen LogP contribution in [-0.4, -0.2) is 34.8 Å². The summed E-state index contributed by atoms with van der Waals surface area (Å²) >= 11 is 1.01. The Morgan fingerprint density at radius 1 is 1.19 bits per heavy atom. The van der Waals surface area contributed by atoms with Crippen LogP contribution in [0.25, 0.3) is 10.2 Å². The van der Waals surface area contributed by atoms with Crippen molar-refractivity contribution >= 4 is 38.5 Å². The molecular weight excluding hydrogens is 372 g/mol. The predicted molar refractivity (Wildman–Crippen MR) is 98.6 cm³/mol. The number of rotatable bonds is 3. The van der Waals surface area contributed by atoms with E-state index in [0.717, 1.165) is 17.4 Å². The number of hydrogen-bond donors (Lipinski definition) is 1. The van der Waals surface area contributed by atoms with Crippen LogP contribution in [0.3, 0.4) is 0 Å². The zero-order valence-corrected chi connectivity index (χ0v) is 14.9. The van der Waals surface area contributed by atoms with Gasteiger partial charge >= 0.3 is 0 Å². The topological polar surface area (TPSA) is 62.3 Å². The second-order valence-corrected chi connectivity index (χ2v) is 7.38. The van der Waals surface area contributed by atoms with Gasteiger partial charge in [0.2, 0.25) is 5.91 Å². The van der Waals surface area contributed by atoms with E-state index in [9.17, 15) is 18.4 Å². The molecule has 0 bridgehead atoms. The molecule has 1 saturated heterocycles. The van der Waals surface area contributed by atoms with E-state index < -0.39 is 11.6 Å². The number of nitrogens with one attached hydrogen (secondary N) is 1. The van der Waals surface area contributed by atoms with E-state index >= 15 is 0 Å². The second kappa shape index (κ2) is 7.03. The van der Waals surface area contributed by atoms with Crippen molar-refractivity contribution in [2.45, 2.75) is 6.42 Å². The van der Waals surface area contributed by atoms with Gasteiger partial charge in [0.25, 0.3) is 5.91 Å². The molecule has 3 aromatic rings. The molecule has 0 aliphatic carbocycles. The average Bonchev–Trinajstić information content (AvgIpc) is 3.29. The van der Waals surface area contributed by atoms with Crippen LogP contribution in [0, 0.1) is 17.6 Å². The standard InChI is InChI=1S/C19H15F2N3O2S/c20-13-8-14(21)16-15(9-13)27-19(22-16)23-17(25)12-6-7-24(10-12)18(26)11-4-2-1-3-5-11/h1-5,8-9,12H,6-7,10H2,(H,22,23,25). The molecule has 1 fully saturated rings. The first-order valence-electron chi connectivity index (χ1n) is 8.42. The summed E-state index contributed by atoms with van der Waals surface area (Å²) in [5.41, 5.74) is 0.617. The molecule has 1 atom stereocenters. The predicted octanol–water partition coefficient (Wildman–Crippen LogP) is 3.68. The number of carbonyl (C=O) groups excluding carboxylic acids is 2. The summed E-state index contributed by atoms with van der Waals surface area (Å²) in [6, 6.07) is 10.9. The van der Waals surface area contributed by atoms with Gasteiger partial charge in [-0.3, -0.25) is 9.59 Å². The minimum atomic E-state index is -0.762. The summed E-state index contributed by atoms with van der Waals surface area (Å²) in [7, 11) is 0. The fourth-order valence-corrected chi connectivity index (χ4v) is 4.05. The maximum absolute atomic E-state index is 13.7. The Morgan fingerprint density at radius 2 is 1.96 bits per heavy atom. The summed E-state index contributed by atoms with van der Waals surface area (Å²) in [6.45, 7) is 0.805. The van der Waals surface area contributed by atoms with Gasteiger partial charge in [-0.25, -0.2) is 13.8 Å². The summed E-state index contributed by atoms with van der Waals surface area (Å²) in [6.07, 6.45) is 0.540. The van der Waals surface area contributed by atoms with Crippen LogP contribution in [0.4, 0.5) is 13.9 Å². The van der Waals surface area contributed by atoms with Crippen molar-refractivity contribution in [1.82, 2.24) is 9.88 Å². The maximum atomic E-state index is 13.7. The van der Waals surface area contributed by atoms with E-state index in [4.69, 9.17) is 0 Å². The van der Waals surface area contributed by atoms with Gasteiger partial charge in [-0.2, -0.15) is 0 Å². The number of benzene rings is 2. The van der Waals surface area contributed by atoms with E-state index in [1.54, 1.807) is 29.2 Å². The van der Waals surface area contributed by atoms with Crippen LogP contribution in [0.1, 0.15) is 16.8 Å². The smallest absolute Gasteiger partial charge is 0.253 e. The maximum Gasteiger partial charge on any atom is 0.253 e. The number of likely N-dealkylation sites (tertiary alicyclic amines) is 1. The monoisotopic (exact) mass is 387 g/mol. The molecule has 1 N–H and O–H groups in total. The Labute approximate surface area is 157 Å². The van der Waals surface area contributed by atoms with Gasteiger partial charge in [-0.1, -0.05) is 29.5 Å². The number of aromatic nitrogens is 1. The van der Waals surface area contributed by atoms with E-state index in [0.29, 0.717) is 29.8 Å². The molecule has 27 heavy (non-hydrogen) atoms. The van der Waals surface area contributed by atoms with E-state index in [1.165, 1.54) is 6.07 Å². The minimum absolute atomic E-state index is 0.0315. The molecule has 0 spiro atoms. The number of hydrogen-bond acceptors (Lipinski definition) is 4. The van der Waals surface area contributed by atoms with Crippen LogP contribution in [0.15, 0.2) is 42.5 Å². The van der Waals surface area contributed by atoms with Crippen molar-refractivity contribution < 1.29 is 18.4 Å². The van der Waals surface area contributed by atoms with E-state index in [1.807, 2.05) is 6.07 Å². The SMILES string of the molecule is O=C(Nc1nc2c(F)cc(F)cc2s1)C1CCN(C(=O)c2ccccc2)C1. The number of fused-ring (bicyclic) bond motifs is 1. The molecule has 5 nitrogen and oxygen atoms in total. The first-order chi connectivity index (χ1) is 13.0. The van der Waals surface area contributed by atoms with Crippen LogP contribution in [0.5, 0.6) is 0 Å². The van der Waals surface area contributed by atoms with Gasteiger partial charge in [-0.15, -0.1) is 0 Å². The van der Waals surface area contributed by atoms with Gasteiger partial charge in [0.05, 0.1) is 10.6 Å². The Kier molecular flexibility index (Phi) is 4.57. The van der Waals surface area contributed by atoms with Crippen LogP contribution in [-0.2, 0) is 4.79 Å². The first kappa shape index (κ1) is 17.5. The molecule has 138 valence electrons. The molecule has 2 amide bonds. The van der Waals surface area contributed by atoms with Crippen molar-refractivity contribution in [3.63, 3.8) is 0 Å². The van der Waals surface area contributed by atoms with Crippen molar-refractivity contribution in [3.05, 3.63) is 59.7 Å². The molecule has 4 rings (SSSR count). The lowest BCUT2D eigenvalue weighted by Gasteiger charge is -2.16. The van der Waals surface area contributed by atoms with Gasteiger partial charge in [-0.05, 0) is 24.6 Å². The summed E-state index contributed by atoms with van der Waals surface area (Å²) in [5.74, 6) is -2.21. The largest absolute Gasteiger partial charge is 0.338 e. The average molecular weight is 387 g/mol. The van der Waals surface area contributed by atoms with Crippen molar-refractivity contribution in [2.75, 3.05) is 18.4 Å². The zero-order valence-electron chi connectivity index (χ0n) is 14.1. The zero-order chi connectivity index (χ0) is 19.0. The molecule has 1 aliphatic rings. The molecule has 8 heteroatoms. The molecule has 0 radical (unpaired) electrons. The Balaban J connectivity index is 1.44. The van der Waals surface area contributed by atoms with Gasteiger partial charge < -0.3 is 10.2 Å². The lowest BCUT2D eigenvalue weighted by atomic mass is 10.1. The molecule has 1 aromatic heterocycles. The number of anilines is 1. The highest BCUT2D eigenvalue weighted by atomic mass is 32.1. The first-order valence-corrected chi connectivity index (χ1v) is 9.23. The van der Waals surface area contributed by atoms with Gasteiger partial charge in [0.1, 0.15) is 11.3 Å². The highest BCUT2D eigenvalue weighted by molar-refractivity contribution is 7.22. The van der Waals surface area contributed by atoms with Crippen molar-refractivity contribution in [2.24, 2.45) is 5.92 Å². The lowest BCUT2D eigenvalue weighted by molar-refractivity contribution is -0.119. The normalized spacial score (nSPS) is 16.7. The third-order valence-corrected chi connectivity index (χ3v) is 5.43. The summed E-state index contributed by atoms with van der Waals surface area (Å²) < 4.78 is 27.4. The van der Waals surface area contributed by atoms with Crippen LogP contribution in [0.2, 0.25) is 0 Å². The number of amides is 2. The Bertz CT molecular complexity index is 1020. The quantitative estimate of drug-likeness (QED) is 0.746. The highest BCUT2D eigenvalue weighted by Crippen LogP contribution is 2.29. The fraction of sp³-hybridized carbons (Fsp3) is 0.211. The molecule has 2 aromatic carbocycles. The van der Waals surface area contributed by atoms with Crippen LogP contribution >= 0.6 is 11.3 Å². The number of nitrogens with zero attached hydrogens (tertiary/aromatic N) is 2. The molecular formula is C19H15F2N3O2S. The molecule has 0 saturated carbocycles. The van der Waals surface area contributed by atoms with Crippen molar-refractivity contribution in [1.29, 1.82) is 0 Å². The summed E-state index contributed by atoms with van der Waals surface area (Å²) in [4.78, 5) is 30.6. The highest BCUT2D eigenvalue weighted by Gasteiger charge is 2.32. The fourth-order valence-electron chi connectivity index (χ4n) is 3.14. The number of carbonyl (C=O) groups is 2. The second-order valence-electron chi connectivity index (χ2n) is 6.35. The summed E-state index contributed by atoms with van der Waals surface area (Å²) in [5, 5.41) is 2.88. The molecule has 2 heterocycles. The minimum Gasteiger partial charge on any atom is -0.338 e. The van der Waals surface area contributed by atoms with E-state index in [-0.39, 0.29) is 28.4 Å². The number of halogens is 2. The Morgan fingerprint density at radius 3 is 2.74 bits per heavy atom. The third kappa shape index (κ3) is 3.52. The van der Waals surface area contributed by atoms with E-state index in [2.05, 4.69) is 10.3 Å². The molecule has 1 aliphatic heterocycles. The Hall–Kier alpha value is -2.87. The van der Waals surface area contributed by atoms with Gasteiger partial charge in [0, 0.05) is 24.7 Å². The van der Waals surface area contributed by atoms with Gasteiger partial charge in [0.15, 0.2) is 10.9 Å². The lowest BCUT2D eigenvalue weighted by Crippen LogP contribution is -2.31. The van der Waals surface area contributed by atoms with Crippen LogP contribution < -0.4 is 5.32 Å². The van der Waals surface area contributed by atoms with Crippen molar-refractivity contribution in [3.8, 4) is 0 Å².